The number of hydrogen-bond donors (Lipinski definition) is 0. The lowest BCUT2D eigenvalue weighted by Gasteiger charge is -2.30. The van der Waals surface area contributed by atoms with E-state index in [4.69, 9.17) is 0 Å². The van der Waals surface area contributed by atoms with Crippen molar-refractivity contribution in [2.24, 2.45) is 23.7 Å². The minimum absolute atomic E-state index is 0.0212. The molecule has 2 aromatic rings. The molecule has 0 N–H and O–H groups in total. The van der Waals surface area contributed by atoms with E-state index >= 15 is 0 Å². The topological polar surface area (TPSA) is 161 Å². The molecule has 1 heterocycles. The Hall–Kier alpha value is -3.52. The Morgan fingerprint density at radius 1 is 0.868 bits per heavy atom. The van der Waals surface area contributed by atoms with E-state index in [1.165, 1.54) is 30.3 Å². The minimum Gasteiger partial charge on any atom is -0.292 e. The lowest BCUT2D eigenvalue weighted by Crippen LogP contribution is -2.52. The second kappa shape index (κ2) is 9.66. The monoisotopic (exact) mass is 648 g/mol. The van der Waals surface area contributed by atoms with Gasteiger partial charge in [0, 0.05) is 45.0 Å². The second-order valence-corrected chi connectivity index (χ2v) is 11.5. The molecule has 0 radical (unpaired) electrons. The number of nitrogens with zero attached hydrogens (tertiary/aromatic N) is 4. The van der Waals surface area contributed by atoms with E-state index in [0.717, 1.165) is 23.2 Å². The van der Waals surface area contributed by atoms with Crippen LogP contribution >= 0.6 is 31.9 Å². The number of amides is 3. The predicted octanol–water partition coefficient (Wildman–Crippen LogP) is 3.52. The lowest BCUT2D eigenvalue weighted by molar-refractivity contribution is -0.385. The number of rotatable bonds is 7. The van der Waals surface area contributed by atoms with Crippen molar-refractivity contribution >= 4 is 66.7 Å². The molecule has 2 aromatic carbocycles. The number of carbonyl (C=O) groups excluding carboxylic acids is 4. The molecule has 12 nitrogen and oxygen atoms in total. The zero-order chi connectivity index (χ0) is 27.5. The highest BCUT2D eigenvalue weighted by molar-refractivity contribution is 9.12. The maximum absolute atomic E-state index is 13.6. The fourth-order valence-corrected chi connectivity index (χ4v) is 7.58. The van der Waals surface area contributed by atoms with E-state index in [9.17, 15) is 39.4 Å². The molecule has 3 aliphatic rings. The summed E-state index contributed by atoms with van der Waals surface area (Å²) in [5.41, 5.74) is -0.787. The third-order valence-electron chi connectivity index (χ3n) is 7.44. The van der Waals surface area contributed by atoms with Gasteiger partial charge in [-0.25, -0.2) is 5.01 Å². The van der Waals surface area contributed by atoms with Crippen LogP contribution in [0.3, 0.4) is 0 Å². The summed E-state index contributed by atoms with van der Waals surface area (Å²) >= 11 is 7.20. The number of halogens is 2. The Morgan fingerprint density at radius 2 is 1.42 bits per heavy atom. The van der Waals surface area contributed by atoms with Crippen molar-refractivity contribution < 1.29 is 29.0 Å². The molecule has 0 spiro atoms. The van der Waals surface area contributed by atoms with Crippen molar-refractivity contribution in [3.8, 4) is 0 Å². The SMILES string of the molecule is O=C(CN(C(=O)c1cccc([N+](=O)[O-])c1)N1C(=O)[C@@H]2[C@H]3C[C@@H]([C@@H](Br)[C@H]3Br)[C@H]2C1=O)c1ccc([N+](=O)[O-])cc1. The number of nitro benzene ring substituents is 2. The normalized spacial score (nSPS) is 27.4. The van der Waals surface area contributed by atoms with E-state index < -0.39 is 51.7 Å². The van der Waals surface area contributed by atoms with Crippen LogP contribution in [0.15, 0.2) is 48.5 Å². The Morgan fingerprint density at radius 3 is 1.95 bits per heavy atom. The number of nitro groups is 2. The first-order valence-electron chi connectivity index (χ1n) is 11.5. The van der Waals surface area contributed by atoms with Crippen LogP contribution in [0.4, 0.5) is 11.4 Å². The Bertz CT molecular complexity index is 1370. The number of carbonyl (C=O) groups is 4. The number of hydrogen-bond acceptors (Lipinski definition) is 8. The van der Waals surface area contributed by atoms with Gasteiger partial charge in [-0.2, -0.15) is 5.01 Å². The summed E-state index contributed by atoms with van der Waals surface area (Å²) in [6.07, 6.45) is 0.660. The van der Waals surface area contributed by atoms with Crippen LogP contribution in [0.2, 0.25) is 0 Å². The summed E-state index contributed by atoms with van der Waals surface area (Å²) < 4.78 is 0. The fraction of sp³-hybridized carbons (Fsp3) is 0.333. The molecule has 38 heavy (non-hydrogen) atoms. The van der Waals surface area contributed by atoms with Gasteiger partial charge in [0.1, 0.15) is 6.54 Å². The first-order valence-corrected chi connectivity index (χ1v) is 13.3. The molecule has 0 unspecified atom stereocenters. The van der Waals surface area contributed by atoms with Gasteiger partial charge in [-0.15, -0.1) is 0 Å². The second-order valence-electron chi connectivity index (χ2n) is 9.39. The van der Waals surface area contributed by atoms with Gasteiger partial charge in [0.25, 0.3) is 29.1 Å². The molecule has 5 rings (SSSR count). The number of hydrazine groups is 1. The molecule has 3 fully saturated rings. The zero-order valence-electron chi connectivity index (χ0n) is 19.3. The number of fused-ring (bicyclic) bond motifs is 5. The molecule has 14 heteroatoms. The van der Waals surface area contributed by atoms with Crippen LogP contribution in [-0.2, 0) is 9.59 Å². The van der Waals surface area contributed by atoms with Crippen LogP contribution in [0.1, 0.15) is 27.1 Å². The lowest BCUT2D eigenvalue weighted by atomic mass is 9.81. The molecule has 2 aliphatic carbocycles. The van der Waals surface area contributed by atoms with Gasteiger partial charge in [0.15, 0.2) is 5.78 Å². The number of imide groups is 1. The van der Waals surface area contributed by atoms with Gasteiger partial charge in [-0.3, -0.25) is 39.4 Å². The van der Waals surface area contributed by atoms with Gasteiger partial charge in [0.05, 0.1) is 21.7 Å². The van der Waals surface area contributed by atoms with Gasteiger partial charge in [-0.1, -0.05) is 37.9 Å². The first-order chi connectivity index (χ1) is 18.0. The molecular weight excluding hydrogens is 632 g/mol. The van der Waals surface area contributed by atoms with Crippen LogP contribution in [0.25, 0.3) is 0 Å². The Balaban J connectivity index is 1.51. The van der Waals surface area contributed by atoms with Crippen molar-refractivity contribution in [2.75, 3.05) is 6.54 Å². The summed E-state index contributed by atoms with van der Waals surface area (Å²) in [6, 6.07) is 9.44. The highest BCUT2D eigenvalue weighted by atomic mass is 79.9. The summed E-state index contributed by atoms with van der Waals surface area (Å²) in [6.45, 7) is -0.735. The maximum Gasteiger partial charge on any atom is 0.273 e. The number of benzene rings is 2. The molecular formula is C24H18Br2N4O8. The predicted molar refractivity (Wildman–Crippen MR) is 137 cm³/mol. The van der Waals surface area contributed by atoms with E-state index in [-0.39, 0.29) is 44.0 Å². The summed E-state index contributed by atoms with van der Waals surface area (Å²) in [7, 11) is 0. The van der Waals surface area contributed by atoms with E-state index in [2.05, 4.69) is 31.9 Å². The van der Waals surface area contributed by atoms with Crippen LogP contribution < -0.4 is 0 Å². The first kappa shape index (κ1) is 26.1. The van der Waals surface area contributed by atoms with Crippen molar-refractivity contribution in [1.29, 1.82) is 0 Å². The van der Waals surface area contributed by atoms with Gasteiger partial charge >= 0.3 is 0 Å². The summed E-state index contributed by atoms with van der Waals surface area (Å²) in [4.78, 5) is 74.8. The Kier molecular flexibility index (Phi) is 6.63. The summed E-state index contributed by atoms with van der Waals surface area (Å²) in [5, 5.41) is 23.7. The highest BCUT2D eigenvalue weighted by Crippen LogP contribution is 2.60. The van der Waals surface area contributed by atoms with E-state index in [0.29, 0.717) is 11.4 Å². The molecule has 0 aromatic heterocycles. The number of ketones is 1. The maximum atomic E-state index is 13.6. The Labute approximate surface area is 231 Å². The average molecular weight is 650 g/mol. The van der Waals surface area contributed by atoms with Crippen molar-refractivity contribution in [3.63, 3.8) is 0 Å². The quantitative estimate of drug-likeness (QED) is 0.145. The van der Waals surface area contributed by atoms with E-state index in [1.54, 1.807) is 0 Å². The summed E-state index contributed by atoms with van der Waals surface area (Å²) in [5.74, 6) is -4.45. The van der Waals surface area contributed by atoms with Crippen molar-refractivity contribution in [1.82, 2.24) is 10.0 Å². The van der Waals surface area contributed by atoms with Crippen LogP contribution in [-0.4, -0.2) is 59.6 Å². The molecule has 2 saturated carbocycles. The third-order valence-corrected chi connectivity index (χ3v) is 10.6. The fourth-order valence-electron chi connectivity index (χ4n) is 5.70. The van der Waals surface area contributed by atoms with Crippen LogP contribution in [0.5, 0.6) is 0 Å². The third kappa shape index (κ3) is 4.11. The number of Topliss-reactive ketones (excluding diaryl/α,β-unsaturated/α-hetero) is 1. The van der Waals surface area contributed by atoms with Crippen molar-refractivity contribution in [3.05, 3.63) is 79.9 Å². The molecule has 3 amide bonds. The minimum atomic E-state index is -0.941. The van der Waals surface area contributed by atoms with E-state index in [1.807, 2.05) is 0 Å². The highest BCUT2D eigenvalue weighted by Gasteiger charge is 2.67. The average Bonchev–Trinajstić information content (AvgIpc) is 3.51. The smallest absolute Gasteiger partial charge is 0.273 e. The molecule has 1 aliphatic heterocycles. The van der Waals surface area contributed by atoms with Crippen molar-refractivity contribution in [2.45, 2.75) is 16.1 Å². The molecule has 6 atom stereocenters. The van der Waals surface area contributed by atoms with Gasteiger partial charge in [-0.05, 0) is 36.5 Å². The molecule has 196 valence electrons. The zero-order valence-corrected chi connectivity index (χ0v) is 22.5. The number of alkyl halides is 2. The number of non-ortho nitro benzene ring substituents is 2. The molecule has 1 saturated heterocycles. The van der Waals surface area contributed by atoms with Gasteiger partial charge < -0.3 is 0 Å². The largest absolute Gasteiger partial charge is 0.292 e. The van der Waals surface area contributed by atoms with Gasteiger partial charge in [0.2, 0.25) is 0 Å². The van der Waals surface area contributed by atoms with Crippen LogP contribution in [0, 0.1) is 43.9 Å². The molecule has 2 bridgehead atoms. The standard InChI is InChI=1S/C24H18Br2N4O8/c25-20-15-9-16(21(20)26)19-18(15)23(33)28(24(19)34)27(22(32)12-2-1-3-14(8-12)30(37)38)10-17(31)11-4-6-13(7-5-11)29(35)36/h1-8,15-16,18-21H,9-10H2/t15-,16-,18-,19-,20-,21+/m1/s1.